The molecule has 0 aromatic rings. The molecule has 1 aliphatic heterocycles. The molecule has 2 unspecified atom stereocenters. The number of hydrogen-bond donors (Lipinski definition) is 0. The third-order valence-electron chi connectivity index (χ3n) is 5.50. The van der Waals surface area contributed by atoms with E-state index in [1.807, 2.05) is 13.8 Å². The number of hydrogen-bond acceptors (Lipinski definition) is 4. The van der Waals surface area contributed by atoms with Crippen LogP contribution in [0.3, 0.4) is 0 Å². The van der Waals surface area contributed by atoms with Crippen LogP contribution in [0.5, 0.6) is 0 Å². The quantitative estimate of drug-likeness (QED) is 0.590. The van der Waals surface area contributed by atoms with E-state index < -0.39 is 11.9 Å². The molecule has 2 aliphatic carbocycles. The zero-order valence-corrected chi connectivity index (χ0v) is 13.1. The largest absolute Gasteiger partial charge is 0.435 e. The van der Waals surface area contributed by atoms with E-state index in [9.17, 15) is 9.59 Å². The normalized spacial score (nSPS) is 40.3. The third-order valence-corrected chi connectivity index (χ3v) is 5.50. The number of rotatable bonds is 4. The highest BCUT2D eigenvalue weighted by Crippen LogP contribution is 2.65. The summed E-state index contributed by atoms with van der Waals surface area (Å²) in [6, 6.07) is 0. The summed E-state index contributed by atoms with van der Waals surface area (Å²) in [5, 5.41) is 0. The lowest BCUT2D eigenvalue weighted by atomic mass is 9.98. The fourth-order valence-electron chi connectivity index (χ4n) is 3.87. The van der Waals surface area contributed by atoms with Gasteiger partial charge in [-0.25, -0.2) is 0 Å². The summed E-state index contributed by atoms with van der Waals surface area (Å²) in [7, 11) is 0. The molecule has 21 heavy (non-hydrogen) atoms. The molecule has 3 aliphatic rings. The second-order valence-electron chi connectivity index (χ2n) is 7.18. The summed E-state index contributed by atoms with van der Waals surface area (Å²) in [4.78, 5) is 24.0. The first kappa shape index (κ1) is 14.5. The molecule has 4 nitrogen and oxygen atoms in total. The number of carbonyl (C=O) groups is 2. The molecule has 0 amide bonds. The maximum Gasteiger partial charge on any atom is 0.312 e. The Kier molecular flexibility index (Phi) is 2.97. The first-order valence-electron chi connectivity index (χ1n) is 7.45. The van der Waals surface area contributed by atoms with Crippen molar-refractivity contribution in [1.29, 1.82) is 0 Å². The Bertz CT molecular complexity index is 571. The van der Waals surface area contributed by atoms with E-state index >= 15 is 0 Å². The number of ketones is 1. The van der Waals surface area contributed by atoms with Crippen molar-refractivity contribution in [3.8, 4) is 0 Å². The highest BCUT2D eigenvalue weighted by atomic mass is 16.7. The van der Waals surface area contributed by atoms with Crippen LogP contribution in [0.1, 0.15) is 40.5 Å². The fraction of sp³-hybridized carbons (Fsp3) is 0.647. The van der Waals surface area contributed by atoms with Gasteiger partial charge in [0.1, 0.15) is 0 Å². The van der Waals surface area contributed by atoms with Crippen molar-refractivity contribution in [3.63, 3.8) is 0 Å². The van der Waals surface area contributed by atoms with Gasteiger partial charge in [-0.3, -0.25) is 9.59 Å². The van der Waals surface area contributed by atoms with Crippen LogP contribution in [-0.4, -0.2) is 23.6 Å². The van der Waals surface area contributed by atoms with Crippen molar-refractivity contribution < 1.29 is 19.1 Å². The molecule has 0 aromatic carbocycles. The Morgan fingerprint density at radius 2 is 2.05 bits per heavy atom. The lowest BCUT2D eigenvalue weighted by Crippen LogP contribution is -2.36. The van der Waals surface area contributed by atoms with Gasteiger partial charge in [0.15, 0.2) is 5.78 Å². The van der Waals surface area contributed by atoms with Crippen LogP contribution in [0, 0.1) is 17.3 Å². The predicted octanol–water partition coefficient (Wildman–Crippen LogP) is 2.78. The topological polar surface area (TPSA) is 52.6 Å². The molecule has 0 aromatic heterocycles. The van der Waals surface area contributed by atoms with Crippen LogP contribution in [-0.2, 0) is 19.1 Å². The molecule has 114 valence electrons. The Hall–Kier alpha value is -1.42. The number of carbonyl (C=O) groups excluding carboxylic acids is 2. The Morgan fingerprint density at radius 1 is 1.38 bits per heavy atom. The zero-order valence-electron chi connectivity index (χ0n) is 13.1. The van der Waals surface area contributed by atoms with Crippen molar-refractivity contribution in [1.82, 2.24) is 0 Å². The molecular formula is C17H22O4. The Morgan fingerprint density at radius 3 is 2.57 bits per heavy atom. The molecule has 1 heterocycles. The van der Waals surface area contributed by atoms with Crippen molar-refractivity contribution in [2.45, 2.75) is 52.4 Å². The van der Waals surface area contributed by atoms with E-state index in [0.29, 0.717) is 12.8 Å². The number of cyclic esters (lactones) is 1. The summed E-state index contributed by atoms with van der Waals surface area (Å²) in [6.07, 6.45) is 2.07. The summed E-state index contributed by atoms with van der Waals surface area (Å²) >= 11 is 0. The average molecular weight is 290 g/mol. The van der Waals surface area contributed by atoms with Crippen molar-refractivity contribution in [3.05, 3.63) is 23.8 Å². The van der Waals surface area contributed by atoms with E-state index in [-0.39, 0.29) is 29.0 Å². The SMILES string of the molecule is C=CCC1=C(C)[C@](C)(O[C@@H]2OC(=O)C3C2C3(C)C)CC1=O. The van der Waals surface area contributed by atoms with Crippen LogP contribution in [0.4, 0.5) is 0 Å². The van der Waals surface area contributed by atoms with Gasteiger partial charge in [0, 0.05) is 17.9 Å². The fourth-order valence-corrected chi connectivity index (χ4v) is 3.87. The molecule has 0 N–H and O–H groups in total. The van der Waals surface area contributed by atoms with Gasteiger partial charge in [-0.2, -0.15) is 0 Å². The minimum atomic E-state index is -0.673. The Labute approximate surface area is 125 Å². The predicted molar refractivity (Wildman–Crippen MR) is 77.3 cm³/mol. The van der Waals surface area contributed by atoms with Crippen LogP contribution in [0.15, 0.2) is 23.8 Å². The van der Waals surface area contributed by atoms with Crippen molar-refractivity contribution >= 4 is 11.8 Å². The number of fused-ring (bicyclic) bond motifs is 1. The van der Waals surface area contributed by atoms with Crippen LogP contribution < -0.4 is 0 Å². The molecule has 0 spiro atoms. The van der Waals surface area contributed by atoms with E-state index in [4.69, 9.17) is 9.47 Å². The van der Waals surface area contributed by atoms with Gasteiger partial charge in [-0.15, -0.1) is 6.58 Å². The summed E-state index contributed by atoms with van der Waals surface area (Å²) in [5.41, 5.74) is 0.989. The average Bonchev–Trinajstić information content (AvgIpc) is 2.67. The van der Waals surface area contributed by atoms with Crippen LogP contribution >= 0.6 is 0 Å². The number of ether oxygens (including phenoxy) is 2. The smallest absolute Gasteiger partial charge is 0.312 e. The second kappa shape index (κ2) is 4.29. The molecule has 0 radical (unpaired) electrons. The molecule has 4 heteroatoms. The third kappa shape index (κ3) is 1.92. The van der Waals surface area contributed by atoms with Gasteiger partial charge in [0.05, 0.1) is 11.5 Å². The summed E-state index contributed by atoms with van der Waals surface area (Å²) in [6.45, 7) is 11.7. The van der Waals surface area contributed by atoms with Gasteiger partial charge in [-0.1, -0.05) is 19.9 Å². The van der Waals surface area contributed by atoms with E-state index in [2.05, 4.69) is 20.4 Å². The molecule has 3 rings (SSSR count). The molecular weight excluding hydrogens is 268 g/mol. The second-order valence-corrected chi connectivity index (χ2v) is 7.18. The summed E-state index contributed by atoms with van der Waals surface area (Å²) < 4.78 is 11.5. The molecule has 1 saturated heterocycles. The van der Waals surface area contributed by atoms with E-state index in [1.54, 1.807) is 6.08 Å². The zero-order chi connectivity index (χ0) is 15.6. The van der Waals surface area contributed by atoms with E-state index in [1.165, 1.54) is 0 Å². The van der Waals surface area contributed by atoms with E-state index in [0.717, 1.165) is 11.1 Å². The molecule has 2 fully saturated rings. The maximum atomic E-state index is 12.2. The minimum Gasteiger partial charge on any atom is -0.435 e. The monoisotopic (exact) mass is 290 g/mol. The lowest BCUT2D eigenvalue weighted by Gasteiger charge is -2.31. The first-order chi connectivity index (χ1) is 9.72. The van der Waals surface area contributed by atoms with Gasteiger partial charge >= 0.3 is 5.97 Å². The van der Waals surface area contributed by atoms with Gasteiger partial charge < -0.3 is 9.47 Å². The lowest BCUT2D eigenvalue weighted by molar-refractivity contribution is -0.199. The highest BCUT2D eigenvalue weighted by Gasteiger charge is 2.72. The van der Waals surface area contributed by atoms with Gasteiger partial charge in [-0.05, 0) is 31.3 Å². The standard InChI is InChI=1S/C17H22O4/c1-6-7-10-9(2)17(5,8-11(10)18)21-15-13-12(14(19)20-15)16(13,3)4/h6,12-13,15H,1,7-8H2,2-5H3/t12?,13?,15-,17+/m0/s1. The van der Waals surface area contributed by atoms with Crippen molar-refractivity contribution in [2.75, 3.05) is 0 Å². The van der Waals surface area contributed by atoms with Gasteiger partial charge in [0.2, 0.25) is 6.29 Å². The number of Topliss-reactive ketones (excluding diaryl/α,β-unsaturated/α-hetero) is 1. The van der Waals surface area contributed by atoms with Crippen LogP contribution in [0.25, 0.3) is 0 Å². The molecule has 4 atom stereocenters. The van der Waals surface area contributed by atoms with Crippen molar-refractivity contribution in [2.24, 2.45) is 17.3 Å². The highest BCUT2D eigenvalue weighted by molar-refractivity contribution is 6.00. The molecule has 1 saturated carbocycles. The maximum absolute atomic E-state index is 12.2. The van der Waals surface area contributed by atoms with Gasteiger partial charge in [0.25, 0.3) is 0 Å². The number of allylic oxidation sites excluding steroid dienone is 2. The Balaban J connectivity index is 1.81. The van der Waals surface area contributed by atoms with Crippen LogP contribution in [0.2, 0.25) is 0 Å². The summed E-state index contributed by atoms with van der Waals surface area (Å²) in [5.74, 6) is -0.0185. The molecule has 0 bridgehead atoms. The first-order valence-corrected chi connectivity index (χ1v) is 7.45. The number of esters is 1. The minimum absolute atomic E-state index is 0.0550.